The van der Waals surface area contributed by atoms with E-state index in [1.807, 2.05) is 46.9 Å². The highest BCUT2D eigenvalue weighted by molar-refractivity contribution is 14.1. The van der Waals surface area contributed by atoms with E-state index in [9.17, 15) is 4.79 Å². The number of hydrogen-bond donors (Lipinski definition) is 2. The maximum absolute atomic E-state index is 11.4. The molecule has 0 aliphatic heterocycles. The quantitative estimate of drug-likeness (QED) is 0.638. The molecule has 94 valence electrons. The number of nitrogens with one attached hydrogen (secondary N) is 2. The van der Waals surface area contributed by atoms with Crippen LogP contribution >= 0.6 is 34.2 Å². The van der Waals surface area contributed by atoms with Crippen molar-refractivity contribution in [2.24, 2.45) is 0 Å². The standard InChI is InChI=1S/C12H11ClIN3O/c13-5-8-2-1-3-9(4-8)6-15-11-10(14)12(18)17-7-16-11/h1-4,7H,5-6H2,(H2,15,16,17,18). The van der Waals surface area contributed by atoms with E-state index in [0.717, 1.165) is 11.1 Å². The van der Waals surface area contributed by atoms with E-state index in [1.54, 1.807) is 0 Å². The molecule has 2 rings (SSSR count). The van der Waals surface area contributed by atoms with E-state index >= 15 is 0 Å². The summed E-state index contributed by atoms with van der Waals surface area (Å²) in [5.41, 5.74) is 2.04. The minimum Gasteiger partial charge on any atom is -0.365 e. The van der Waals surface area contributed by atoms with E-state index in [0.29, 0.717) is 21.8 Å². The smallest absolute Gasteiger partial charge is 0.266 e. The first-order valence-corrected chi connectivity index (χ1v) is 6.93. The SMILES string of the molecule is O=c1[nH]cnc(NCc2cccc(CCl)c2)c1I. The fourth-order valence-corrected chi connectivity index (χ4v) is 2.17. The van der Waals surface area contributed by atoms with Crippen molar-refractivity contribution in [1.29, 1.82) is 0 Å². The first-order valence-electron chi connectivity index (χ1n) is 5.31. The summed E-state index contributed by atoms with van der Waals surface area (Å²) in [5.74, 6) is 1.09. The van der Waals surface area contributed by atoms with Crippen LogP contribution in [-0.4, -0.2) is 9.97 Å². The number of anilines is 1. The Kier molecular flexibility index (Phi) is 4.60. The van der Waals surface area contributed by atoms with E-state index in [4.69, 9.17) is 11.6 Å². The van der Waals surface area contributed by atoms with Crippen LogP contribution in [0.3, 0.4) is 0 Å². The monoisotopic (exact) mass is 375 g/mol. The lowest BCUT2D eigenvalue weighted by Gasteiger charge is -2.07. The summed E-state index contributed by atoms with van der Waals surface area (Å²) in [6, 6.07) is 7.97. The number of aromatic nitrogens is 2. The van der Waals surface area contributed by atoms with Crippen LogP contribution in [0.25, 0.3) is 0 Å². The fourth-order valence-electron chi connectivity index (χ4n) is 1.51. The molecule has 0 unspecified atom stereocenters. The predicted molar refractivity (Wildman–Crippen MR) is 80.9 cm³/mol. The second-order valence-corrected chi connectivity index (χ2v) is 5.05. The van der Waals surface area contributed by atoms with E-state index < -0.39 is 0 Å². The van der Waals surface area contributed by atoms with Crippen LogP contribution in [0.5, 0.6) is 0 Å². The molecule has 6 heteroatoms. The van der Waals surface area contributed by atoms with Gasteiger partial charge < -0.3 is 10.3 Å². The maximum Gasteiger partial charge on any atom is 0.266 e. The molecule has 0 amide bonds. The zero-order valence-electron chi connectivity index (χ0n) is 9.41. The summed E-state index contributed by atoms with van der Waals surface area (Å²) in [5, 5.41) is 3.14. The average Bonchev–Trinajstić information content (AvgIpc) is 2.41. The lowest BCUT2D eigenvalue weighted by Crippen LogP contribution is -2.14. The number of rotatable bonds is 4. The highest BCUT2D eigenvalue weighted by Gasteiger charge is 2.04. The molecule has 2 aromatic rings. The molecule has 0 spiro atoms. The molecule has 1 aromatic carbocycles. The molecule has 0 atom stereocenters. The predicted octanol–water partition coefficient (Wildman–Crippen LogP) is 2.73. The van der Waals surface area contributed by atoms with Gasteiger partial charge in [-0.3, -0.25) is 4.79 Å². The number of halogens is 2. The molecule has 0 saturated carbocycles. The van der Waals surface area contributed by atoms with Crippen molar-refractivity contribution in [1.82, 2.24) is 9.97 Å². The first kappa shape index (κ1) is 13.4. The largest absolute Gasteiger partial charge is 0.365 e. The minimum absolute atomic E-state index is 0.136. The van der Waals surface area contributed by atoms with Crippen molar-refractivity contribution in [3.8, 4) is 0 Å². The Morgan fingerprint density at radius 3 is 2.94 bits per heavy atom. The second kappa shape index (κ2) is 6.19. The summed E-state index contributed by atoms with van der Waals surface area (Å²) in [7, 11) is 0. The van der Waals surface area contributed by atoms with Gasteiger partial charge in [0, 0.05) is 12.4 Å². The van der Waals surface area contributed by atoms with Gasteiger partial charge in [-0.25, -0.2) is 4.98 Å². The van der Waals surface area contributed by atoms with Crippen LogP contribution in [0.2, 0.25) is 0 Å². The molecule has 0 fully saturated rings. The van der Waals surface area contributed by atoms with Gasteiger partial charge in [0.1, 0.15) is 9.39 Å². The average molecular weight is 376 g/mol. The summed E-state index contributed by atoms with van der Waals surface area (Å²) in [4.78, 5) is 18.0. The van der Waals surface area contributed by atoms with Gasteiger partial charge >= 0.3 is 0 Å². The van der Waals surface area contributed by atoms with Gasteiger partial charge in [0.25, 0.3) is 5.56 Å². The van der Waals surface area contributed by atoms with Gasteiger partial charge in [0.05, 0.1) is 6.33 Å². The molecule has 18 heavy (non-hydrogen) atoms. The summed E-state index contributed by atoms with van der Waals surface area (Å²) in [6.45, 7) is 0.608. The molecule has 0 bridgehead atoms. The zero-order valence-corrected chi connectivity index (χ0v) is 12.3. The van der Waals surface area contributed by atoms with Crippen molar-refractivity contribution in [3.63, 3.8) is 0 Å². The number of H-pyrrole nitrogens is 1. The van der Waals surface area contributed by atoms with Crippen LogP contribution < -0.4 is 10.9 Å². The van der Waals surface area contributed by atoms with Gasteiger partial charge in [-0.1, -0.05) is 24.3 Å². The highest BCUT2D eigenvalue weighted by atomic mass is 127. The molecule has 0 saturated heterocycles. The van der Waals surface area contributed by atoms with Crippen molar-refractivity contribution in [2.75, 3.05) is 5.32 Å². The lowest BCUT2D eigenvalue weighted by molar-refractivity contribution is 1.04. The molecule has 0 radical (unpaired) electrons. The first-order chi connectivity index (χ1) is 8.70. The summed E-state index contributed by atoms with van der Waals surface area (Å²) < 4.78 is 0.559. The Morgan fingerprint density at radius 1 is 1.39 bits per heavy atom. The number of benzene rings is 1. The number of hydrogen-bond acceptors (Lipinski definition) is 3. The third-order valence-electron chi connectivity index (χ3n) is 2.40. The zero-order chi connectivity index (χ0) is 13.0. The van der Waals surface area contributed by atoms with Crippen LogP contribution in [0.4, 0.5) is 5.82 Å². The van der Waals surface area contributed by atoms with Gasteiger partial charge in [0.15, 0.2) is 0 Å². The van der Waals surface area contributed by atoms with Crippen LogP contribution in [0.15, 0.2) is 35.4 Å². The lowest BCUT2D eigenvalue weighted by atomic mass is 10.1. The molecular formula is C12H11ClIN3O. The third kappa shape index (κ3) is 3.23. The summed E-state index contributed by atoms with van der Waals surface area (Å²) in [6.07, 6.45) is 1.39. The van der Waals surface area contributed by atoms with E-state index in [2.05, 4.69) is 15.3 Å². The molecule has 2 N–H and O–H groups in total. The van der Waals surface area contributed by atoms with Crippen molar-refractivity contribution >= 4 is 40.0 Å². The second-order valence-electron chi connectivity index (χ2n) is 3.70. The Balaban J connectivity index is 2.11. The third-order valence-corrected chi connectivity index (χ3v) is 3.71. The number of alkyl halides is 1. The van der Waals surface area contributed by atoms with Crippen LogP contribution in [-0.2, 0) is 12.4 Å². The topological polar surface area (TPSA) is 57.8 Å². The van der Waals surface area contributed by atoms with E-state index in [1.165, 1.54) is 6.33 Å². The van der Waals surface area contributed by atoms with Crippen LogP contribution in [0, 0.1) is 3.57 Å². The number of nitrogens with zero attached hydrogens (tertiary/aromatic N) is 1. The van der Waals surface area contributed by atoms with E-state index in [-0.39, 0.29) is 5.56 Å². The molecule has 1 aromatic heterocycles. The molecule has 0 aliphatic carbocycles. The maximum atomic E-state index is 11.4. The van der Waals surface area contributed by atoms with Gasteiger partial charge in [-0.2, -0.15) is 0 Å². The Labute approximate surface area is 123 Å². The van der Waals surface area contributed by atoms with Gasteiger partial charge in [0.2, 0.25) is 0 Å². The fraction of sp³-hybridized carbons (Fsp3) is 0.167. The van der Waals surface area contributed by atoms with Gasteiger partial charge in [-0.15, -0.1) is 11.6 Å². The Hall–Kier alpha value is -1.08. The van der Waals surface area contributed by atoms with Crippen molar-refractivity contribution < 1.29 is 0 Å². The Morgan fingerprint density at radius 2 is 2.17 bits per heavy atom. The molecular weight excluding hydrogens is 365 g/mol. The van der Waals surface area contributed by atoms with Crippen molar-refractivity contribution in [2.45, 2.75) is 12.4 Å². The minimum atomic E-state index is -0.136. The molecule has 4 nitrogen and oxygen atoms in total. The normalized spacial score (nSPS) is 10.3. The highest BCUT2D eigenvalue weighted by Crippen LogP contribution is 2.12. The molecule has 1 heterocycles. The molecule has 0 aliphatic rings. The van der Waals surface area contributed by atoms with Gasteiger partial charge in [-0.05, 0) is 33.7 Å². The van der Waals surface area contributed by atoms with Crippen molar-refractivity contribution in [3.05, 3.63) is 55.6 Å². The summed E-state index contributed by atoms with van der Waals surface area (Å²) >= 11 is 7.75. The van der Waals surface area contributed by atoms with Crippen LogP contribution in [0.1, 0.15) is 11.1 Å². The Bertz CT molecular complexity index is 600. The number of aromatic amines is 1.